The van der Waals surface area contributed by atoms with Gasteiger partial charge in [-0.25, -0.2) is 18.4 Å². The molecule has 10 nitrogen and oxygen atoms in total. The largest absolute Gasteiger partial charge is 0.369 e. The zero-order chi connectivity index (χ0) is 25.4. The molecule has 0 aliphatic carbocycles. The Labute approximate surface area is 217 Å². The van der Waals surface area contributed by atoms with Crippen molar-refractivity contribution in [1.82, 2.24) is 23.8 Å². The van der Waals surface area contributed by atoms with Crippen molar-refractivity contribution < 1.29 is 13.2 Å². The van der Waals surface area contributed by atoms with Gasteiger partial charge in [-0.1, -0.05) is 30.0 Å². The number of anilines is 1. The average molecular weight is 545 g/mol. The molecule has 2 saturated heterocycles. The van der Waals surface area contributed by atoms with Crippen molar-refractivity contribution in [3.63, 3.8) is 0 Å². The minimum atomic E-state index is -3.19. The molecule has 2 fully saturated rings. The van der Waals surface area contributed by atoms with Crippen LogP contribution in [0.3, 0.4) is 0 Å². The summed E-state index contributed by atoms with van der Waals surface area (Å²) in [6.45, 7) is 3.18. The Bertz CT molecular complexity index is 1550. The first kappa shape index (κ1) is 24.7. The Morgan fingerprint density at radius 1 is 1.31 bits per heavy atom. The van der Waals surface area contributed by atoms with Gasteiger partial charge in [0.1, 0.15) is 15.8 Å². The zero-order valence-electron chi connectivity index (χ0n) is 19.5. The molecule has 2 aliphatic heterocycles. The number of imidazole rings is 1. The highest BCUT2D eigenvalue weighted by molar-refractivity contribution is 8.26. The summed E-state index contributed by atoms with van der Waals surface area (Å²) < 4.78 is 27.6. The number of nitrogens with one attached hydrogen (secondary N) is 1. The normalized spacial score (nSPS) is 20.6. The first-order valence-electron chi connectivity index (χ1n) is 11.4. The summed E-state index contributed by atoms with van der Waals surface area (Å²) in [6.07, 6.45) is 9.69. The van der Waals surface area contributed by atoms with Crippen LogP contribution in [0, 0.1) is 6.92 Å². The Balaban J connectivity index is 1.47. The van der Waals surface area contributed by atoms with Gasteiger partial charge in [0, 0.05) is 31.7 Å². The molecule has 3 aromatic rings. The van der Waals surface area contributed by atoms with Gasteiger partial charge in [-0.15, -0.1) is 0 Å². The minimum absolute atomic E-state index is 0.0379. The number of nitrogens with zero attached hydrogens (tertiary/aromatic N) is 5. The molecule has 13 heteroatoms. The molecular formula is C23H24N6O4S3. The van der Waals surface area contributed by atoms with Gasteiger partial charge in [0.2, 0.25) is 0 Å². The van der Waals surface area contributed by atoms with Gasteiger partial charge in [0.05, 0.1) is 34.3 Å². The van der Waals surface area contributed by atoms with Crippen molar-refractivity contribution in [1.29, 1.82) is 0 Å². The monoisotopic (exact) mass is 544 g/mol. The van der Waals surface area contributed by atoms with Crippen LogP contribution in [0.5, 0.6) is 0 Å². The molecular weight excluding hydrogens is 520 g/mol. The number of aromatic nitrogens is 4. The average Bonchev–Trinajstić information content (AvgIpc) is 3.54. The highest BCUT2D eigenvalue weighted by Gasteiger charge is 2.42. The number of hydrogen-bond acceptors (Lipinski definition) is 9. The number of carbonyl (C=O) groups excluding carboxylic acids is 1. The summed E-state index contributed by atoms with van der Waals surface area (Å²) in [7, 11) is -3.19. The summed E-state index contributed by atoms with van der Waals surface area (Å²) in [6, 6.07) is 3.18. The van der Waals surface area contributed by atoms with Crippen molar-refractivity contribution in [3.05, 3.63) is 63.4 Å². The van der Waals surface area contributed by atoms with Crippen LogP contribution in [-0.4, -0.2) is 66.6 Å². The molecule has 0 radical (unpaired) electrons. The number of rotatable bonds is 7. The first-order chi connectivity index (χ1) is 17.2. The third-order valence-electron chi connectivity index (χ3n) is 6.12. The summed E-state index contributed by atoms with van der Waals surface area (Å²) in [4.78, 5) is 37.1. The van der Waals surface area contributed by atoms with E-state index in [1.54, 1.807) is 24.8 Å². The standard InChI is InChI=1S/C23H24N6O4S3/c1-15-3-4-19-26-20(25-6-2-8-27-9-7-24-14-27)17(21(30)28(19)12-15)11-18-22(31)29(23(34)35-18)16-5-10-36(32,33)13-16/h3-4,7,9,11-12,14,16,25H,2,5-6,8,10,13H2,1H3/b18-11-/t16-/m0/s1. The van der Waals surface area contributed by atoms with E-state index < -0.39 is 15.9 Å². The van der Waals surface area contributed by atoms with Crippen LogP contribution in [0.25, 0.3) is 11.7 Å². The lowest BCUT2D eigenvalue weighted by molar-refractivity contribution is -0.123. The molecule has 0 unspecified atom stereocenters. The van der Waals surface area contributed by atoms with Crippen molar-refractivity contribution in [2.24, 2.45) is 0 Å². The minimum Gasteiger partial charge on any atom is -0.369 e. The second kappa shape index (κ2) is 9.79. The van der Waals surface area contributed by atoms with Gasteiger partial charge in [0.15, 0.2) is 9.84 Å². The summed E-state index contributed by atoms with van der Waals surface area (Å²) in [5.41, 5.74) is 1.32. The molecule has 0 aromatic carbocycles. The van der Waals surface area contributed by atoms with Crippen LogP contribution in [0.4, 0.5) is 5.82 Å². The fourth-order valence-corrected chi connectivity index (χ4v) is 7.40. The molecule has 0 saturated carbocycles. The third-order valence-corrected chi connectivity index (χ3v) is 9.20. The molecule has 36 heavy (non-hydrogen) atoms. The number of pyridine rings is 1. The van der Waals surface area contributed by atoms with E-state index >= 15 is 0 Å². The van der Waals surface area contributed by atoms with Crippen LogP contribution in [0.15, 0.2) is 46.8 Å². The predicted molar refractivity (Wildman–Crippen MR) is 144 cm³/mol. The maximum absolute atomic E-state index is 13.5. The lowest BCUT2D eigenvalue weighted by Gasteiger charge is -2.20. The van der Waals surface area contributed by atoms with Crippen molar-refractivity contribution >= 4 is 61.6 Å². The van der Waals surface area contributed by atoms with Gasteiger partial charge in [-0.05, 0) is 37.5 Å². The second-order valence-corrected chi connectivity index (χ2v) is 12.7. The van der Waals surface area contributed by atoms with Gasteiger partial charge < -0.3 is 9.88 Å². The van der Waals surface area contributed by atoms with Gasteiger partial charge >= 0.3 is 0 Å². The lowest BCUT2D eigenvalue weighted by Crippen LogP contribution is -2.39. The van der Waals surface area contributed by atoms with Crippen LogP contribution in [-0.2, 0) is 21.2 Å². The zero-order valence-corrected chi connectivity index (χ0v) is 21.9. The topological polar surface area (TPSA) is 119 Å². The van der Waals surface area contributed by atoms with Crippen LogP contribution >= 0.6 is 24.0 Å². The lowest BCUT2D eigenvalue weighted by atomic mass is 10.2. The van der Waals surface area contributed by atoms with Crippen molar-refractivity contribution in [2.45, 2.75) is 32.4 Å². The molecule has 0 bridgehead atoms. The highest BCUT2D eigenvalue weighted by atomic mass is 32.2. The number of fused-ring (bicyclic) bond motifs is 1. The van der Waals surface area contributed by atoms with Crippen molar-refractivity contribution in [3.8, 4) is 0 Å². The maximum atomic E-state index is 13.5. The van der Waals surface area contributed by atoms with E-state index in [0.717, 1.165) is 30.3 Å². The molecule has 0 spiro atoms. The van der Waals surface area contributed by atoms with E-state index in [0.29, 0.717) is 28.8 Å². The number of carbonyl (C=O) groups is 1. The first-order valence-corrected chi connectivity index (χ1v) is 14.5. The molecule has 3 aromatic heterocycles. The second-order valence-electron chi connectivity index (χ2n) is 8.80. The number of thioether (sulfide) groups is 1. The molecule has 5 heterocycles. The van der Waals surface area contributed by atoms with Crippen LogP contribution < -0.4 is 10.9 Å². The Kier molecular flexibility index (Phi) is 6.70. The Morgan fingerprint density at radius 3 is 2.86 bits per heavy atom. The van der Waals surface area contributed by atoms with Gasteiger partial charge in [-0.3, -0.25) is 18.9 Å². The van der Waals surface area contributed by atoms with Crippen molar-refractivity contribution in [2.75, 3.05) is 23.4 Å². The van der Waals surface area contributed by atoms with E-state index in [-0.39, 0.29) is 33.4 Å². The molecule has 5 rings (SSSR count). The van der Waals surface area contributed by atoms with Gasteiger partial charge in [0.25, 0.3) is 11.5 Å². The van der Waals surface area contributed by atoms with Gasteiger partial charge in [-0.2, -0.15) is 0 Å². The molecule has 188 valence electrons. The van der Waals surface area contributed by atoms with Crippen LogP contribution in [0.2, 0.25) is 0 Å². The van der Waals surface area contributed by atoms with E-state index in [2.05, 4.69) is 15.3 Å². The fraction of sp³-hybridized carbons (Fsp3) is 0.348. The smallest absolute Gasteiger partial charge is 0.267 e. The third kappa shape index (κ3) is 4.95. The van der Waals surface area contributed by atoms with E-state index in [1.165, 1.54) is 15.4 Å². The number of sulfone groups is 1. The summed E-state index contributed by atoms with van der Waals surface area (Å²) in [5.74, 6) is -0.0679. The highest BCUT2D eigenvalue weighted by Crippen LogP contribution is 2.36. The Morgan fingerprint density at radius 2 is 2.14 bits per heavy atom. The quantitative estimate of drug-likeness (QED) is 0.271. The number of hydrogen-bond donors (Lipinski definition) is 1. The predicted octanol–water partition coefficient (Wildman–Crippen LogP) is 2.09. The van der Waals surface area contributed by atoms with E-state index in [9.17, 15) is 18.0 Å². The maximum Gasteiger partial charge on any atom is 0.267 e. The molecule has 2 aliphatic rings. The molecule has 1 N–H and O–H groups in total. The van der Waals surface area contributed by atoms with E-state index in [1.807, 2.05) is 23.8 Å². The summed E-state index contributed by atoms with van der Waals surface area (Å²) >= 11 is 6.49. The Hall–Kier alpha value is -3.03. The fourth-order valence-electron chi connectivity index (χ4n) is 4.32. The molecule has 1 atom stereocenters. The number of thiocarbonyl (C=S) groups is 1. The SMILES string of the molecule is Cc1ccc2nc(NCCCn3ccnc3)c(/C=C3\SC(=S)N([C@H]4CCS(=O)(=O)C4)C3=O)c(=O)n2c1. The number of aryl methyl sites for hydroxylation is 2. The van der Waals surface area contributed by atoms with Crippen LogP contribution in [0.1, 0.15) is 24.0 Å². The molecule has 1 amide bonds. The van der Waals surface area contributed by atoms with E-state index in [4.69, 9.17) is 12.2 Å². The number of amides is 1. The summed E-state index contributed by atoms with van der Waals surface area (Å²) in [5, 5.41) is 3.25.